The van der Waals surface area contributed by atoms with Crippen LogP contribution in [0.15, 0.2) is 175 Å². The summed E-state index contributed by atoms with van der Waals surface area (Å²) in [6.07, 6.45) is 4.19. The van der Waals surface area contributed by atoms with Gasteiger partial charge < -0.3 is 4.90 Å². The average molecular weight is 570 g/mol. The number of rotatable bonds is 10. The van der Waals surface area contributed by atoms with Gasteiger partial charge in [0.15, 0.2) is 0 Å². The number of benzene rings is 6. The van der Waals surface area contributed by atoms with Crippen molar-refractivity contribution >= 4 is 40.6 Å². The highest BCUT2D eigenvalue weighted by Gasteiger charge is 2.10. The van der Waals surface area contributed by atoms with Crippen LogP contribution in [0, 0.1) is 0 Å². The summed E-state index contributed by atoms with van der Waals surface area (Å²) in [5, 5.41) is 6.82. The molecule has 6 aromatic rings. The first-order chi connectivity index (χ1) is 21.8. The van der Waals surface area contributed by atoms with E-state index in [2.05, 4.69) is 151 Å². The highest BCUT2D eigenvalue weighted by Crippen LogP contribution is 2.30. The zero-order valence-corrected chi connectivity index (χ0v) is 24.9. The lowest BCUT2D eigenvalue weighted by atomic mass is 9.96. The van der Waals surface area contributed by atoms with Gasteiger partial charge in [-0.15, -0.1) is 0 Å². The molecule has 0 spiro atoms. The van der Waals surface area contributed by atoms with E-state index in [0.29, 0.717) is 0 Å². The standard InChI is InChI=1S/C41H35N3/c1-2-43(37-27-23-33(24-28-37)31-41(35-15-7-3-8-16-35)36-17-9-4-10-18-36)38-29-25-34(26-30-38)32-42-44(39-19-11-5-12-20-39)40-21-13-6-14-22-40/h3-32H,2H2,1H3/b42-32+. The Labute approximate surface area is 260 Å². The zero-order valence-electron chi connectivity index (χ0n) is 24.9. The van der Waals surface area contributed by atoms with Crippen molar-refractivity contribution < 1.29 is 0 Å². The third-order valence-corrected chi connectivity index (χ3v) is 7.53. The largest absolute Gasteiger partial charge is 0.342 e. The molecule has 214 valence electrons. The fourth-order valence-corrected chi connectivity index (χ4v) is 5.29. The summed E-state index contributed by atoms with van der Waals surface area (Å²) in [5.41, 5.74) is 10.2. The van der Waals surface area contributed by atoms with Crippen LogP contribution in [0.25, 0.3) is 11.6 Å². The molecular weight excluding hydrogens is 534 g/mol. The van der Waals surface area contributed by atoms with Gasteiger partial charge in [0.05, 0.1) is 17.6 Å². The maximum absolute atomic E-state index is 4.85. The van der Waals surface area contributed by atoms with Crippen molar-refractivity contribution in [2.45, 2.75) is 6.92 Å². The summed E-state index contributed by atoms with van der Waals surface area (Å²) < 4.78 is 0. The van der Waals surface area contributed by atoms with Crippen LogP contribution in [0.4, 0.5) is 22.7 Å². The van der Waals surface area contributed by atoms with Crippen molar-refractivity contribution in [1.82, 2.24) is 0 Å². The zero-order chi connectivity index (χ0) is 30.0. The minimum Gasteiger partial charge on any atom is -0.342 e. The van der Waals surface area contributed by atoms with Gasteiger partial charge >= 0.3 is 0 Å². The molecule has 0 fully saturated rings. The molecule has 0 N–H and O–H groups in total. The number of hydrogen-bond acceptors (Lipinski definition) is 3. The van der Waals surface area contributed by atoms with E-state index in [-0.39, 0.29) is 0 Å². The molecule has 0 aliphatic heterocycles. The number of hydrogen-bond donors (Lipinski definition) is 0. The van der Waals surface area contributed by atoms with Gasteiger partial charge in [-0.2, -0.15) is 5.10 Å². The highest BCUT2D eigenvalue weighted by atomic mass is 15.5. The molecule has 3 heteroatoms. The average Bonchev–Trinajstić information content (AvgIpc) is 3.10. The molecule has 0 aliphatic rings. The van der Waals surface area contributed by atoms with Crippen LogP contribution in [0.2, 0.25) is 0 Å². The van der Waals surface area contributed by atoms with E-state index in [4.69, 9.17) is 5.10 Å². The molecule has 0 saturated carbocycles. The Balaban J connectivity index is 1.22. The molecule has 0 amide bonds. The Kier molecular flexibility index (Phi) is 9.05. The third-order valence-electron chi connectivity index (χ3n) is 7.53. The maximum atomic E-state index is 4.85. The number of para-hydroxylation sites is 2. The second kappa shape index (κ2) is 14.0. The summed E-state index contributed by atoms with van der Waals surface area (Å²) in [7, 11) is 0. The highest BCUT2D eigenvalue weighted by molar-refractivity contribution is 5.91. The molecule has 6 rings (SSSR count). The fraction of sp³-hybridized carbons (Fsp3) is 0.0488. The molecule has 6 aromatic carbocycles. The Morgan fingerprint density at radius 2 is 0.886 bits per heavy atom. The molecule has 0 aliphatic carbocycles. The van der Waals surface area contributed by atoms with Gasteiger partial charge in [0.25, 0.3) is 0 Å². The second-order valence-corrected chi connectivity index (χ2v) is 10.4. The molecule has 0 unspecified atom stereocenters. The van der Waals surface area contributed by atoms with E-state index < -0.39 is 0 Å². The van der Waals surface area contributed by atoms with Crippen LogP contribution in [0.3, 0.4) is 0 Å². The monoisotopic (exact) mass is 569 g/mol. The van der Waals surface area contributed by atoms with Gasteiger partial charge in [-0.1, -0.05) is 121 Å². The molecular formula is C41H35N3. The fourth-order valence-electron chi connectivity index (χ4n) is 5.29. The molecule has 0 aromatic heterocycles. The Morgan fingerprint density at radius 3 is 1.32 bits per heavy atom. The molecule has 0 atom stereocenters. The predicted molar refractivity (Wildman–Crippen MR) is 188 cm³/mol. The lowest BCUT2D eigenvalue weighted by Gasteiger charge is -2.23. The molecule has 44 heavy (non-hydrogen) atoms. The van der Waals surface area contributed by atoms with E-state index >= 15 is 0 Å². The van der Waals surface area contributed by atoms with Crippen LogP contribution in [0.5, 0.6) is 0 Å². The third kappa shape index (κ3) is 6.86. The topological polar surface area (TPSA) is 18.8 Å². The first kappa shape index (κ1) is 28.4. The van der Waals surface area contributed by atoms with Crippen LogP contribution < -0.4 is 9.91 Å². The smallest absolute Gasteiger partial charge is 0.0652 e. The minimum absolute atomic E-state index is 0.859. The quantitative estimate of drug-likeness (QED) is 0.0928. The predicted octanol–water partition coefficient (Wildman–Crippen LogP) is 10.6. The maximum Gasteiger partial charge on any atom is 0.0652 e. The van der Waals surface area contributed by atoms with Crippen molar-refractivity contribution in [1.29, 1.82) is 0 Å². The summed E-state index contributed by atoms with van der Waals surface area (Å²) in [4.78, 5) is 2.32. The first-order valence-electron chi connectivity index (χ1n) is 15.0. The van der Waals surface area contributed by atoms with Crippen molar-refractivity contribution in [3.05, 3.63) is 192 Å². The van der Waals surface area contributed by atoms with E-state index in [1.165, 1.54) is 22.3 Å². The van der Waals surface area contributed by atoms with Gasteiger partial charge in [0.1, 0.15) is 0 Å². The second-order valence-electron chi connectivity index (χ2n) is 10.4. The van der Waals surface area contributed by atoms with E-state index in [0.717, 1.165) is 34.9 Å². The Bertz CT molecular complexity index is 1710. The summed E-state index contributed by atoms with van der Waals surface area (Å²) in [6.45, 7) is 3.04. The van der Waals surface area contributed by atoms with Crippen molar-refractivity contribution in [2.24, 2.45) is 5.10 Å². The lowest BCUT2D eigenvalue weighted by Crippen LogP contribution is -2.15. The van der Waals surface area contributed by atoms with Crippen LogP contribution >= 0.6 is 0 Å². The van der Waals surface area contributed by atoms with Gasteiger partial charge in [0.2, 0.25) is 0 Å². The van der Waals surface area contributed by atoms with Gasteiger partial charge in [-0.3, -0.25) is 0 Å². The van der Waals surface area contributed by atoms with Crippen molar-refractivity contribution in [3.63, 3.8) is 0 Å². The number of hydrazone groups is 1. The summed E-state index contributed by atoms with van der Waals surface area (Å²) in [5.74, 6) is 0. The van der Waals surface area contributed by atoms with Gasteiger partial charge in [-0.05, 0) is 89.4 Å². The minimum atomic E-state index is 0.859. The van der Waals surface area contributed by atoms with E-state index in [9.17, 15) is 0 Å². The van der Waals surface area contributed by atoms with Gasteiger partial charge in [0, 0.05) is 17.9 Å². The summed E-state index contributed by atoms with van der Waals surface area (Å²) in [6, 6.07) is 59.0. The van der Waals surface area contributed by atoms with Crippen LogP contribution in [-0.4, -0.2) is 12.8 Å². The molecule has 0 bridgehead atoms. The number of anilines is 4. The lowest BCUT2D eigenvalue weighted by molar-refractivity contribution is 1.02. The van der Waals surface area contributed by atoms with Crippen molar-refractivity contribution in [2.75, 3.05) is 16.5 Å². The van der Waals surface area contributed by atoms with E-state index in [1.54, 1.807) is 0 Å². The normalized spacial score (nSPS) is 10.8. The van der Waals surface area contributed by atoms with Crippen LogP contribution in [-0.2, 0) is 0 Å². The molecule has 3 nitrogen and oxygen atoms in total. The summed E-state index contributed by atoms with van der Waals surface area (Å²) >= 11 is 0. The molecule has 0 heterocycles. The molecule has 0 radical (unpaired) electrons. The van der Waals surface area contributed by atoms with Crippen LogP contribution in [0.1, 0.15) is 29.2 Å². The first-order valence-corrected chi connectivity index (χ1v) is 15.0. The SMILES string of the molecule is CCN(c1ccc(C=C(c2ccccc2)c2ccccc2)cc1)c1ccc(/C=N/N(c2ccccc2)c2ccccc2)cc1. The number of nitrogens with zero attached hydrogens (tertiary/aromatic N) is 3. The van der Waals surface area contributed by atoms with E-state index in [1.807, 2.05) is 47.6 Å². The Morgan fingerprint density at radius 1 is 0.477 bits per heavy atom. The molecule has 0 saturated heterocycles. The van der Waals surface area contributed by atoms with Crippen molar-refractivity contribution in [3.8, 4) is 0 Å². The van der Waals surface area contributed by atoms with Gasteiger partial charge in [-0.25, -0.2) is 5.01 Å². The Hall–Kier alpha value is -5.67.